The fourth-order valence-electron chi connectivity index (χ4n) is 3.98. The quantitative estimate of drug-likeness (QED) is 0.329. The normalized spacial score (nSPS) is 12.4. The van der Waals surface area contributed by atoms with Gasteiger partial charge in [0, 0.05) is 16.6 Å². The molecule has 0 radical (unpaired) electrons. The Labute approximate surface area is 245 Å². The van der Waals surface area contributed by atoms with Crippen LogP contribution in [0.15, 0.2) is 82.2 Å². The molecule has 3 aromatic rings. The van der Waals surface area contributed by atoms with Gasteiger partial charge in [-0.1, -0.05) is 51.8 Å². The zero-order valence-corrected chi connectivity index (χ0v) is 26.0. The molecule has 0 aliphatic heterocycles. The molecule has 10 heteroatoms. The van der Waals surface area contributed by atoms with Gasteiger partial charge in [-0.15, -0.1) is 0 Å². The number of sulfonamides is 1. The van der Waals surface area contributed by atoms with E-state index in [1.165, 1.54) is 17.0 Å². The molecule has 0 unspecified atom stereocenters. The number of benzene rings is 3. The molecule has 8 nitrogen and oxygen atoms in total. The van der Waals surface area contributed by atoms with Gasteiger partial charge in [-0.2, -0.15) is 0 Å². The fraction of sp³-hybridized carbons (Fsp3) is 0.333. The molecule has 3 rings (SSSR count). The summed E-state index contributed by atoms with van der Waals surface area (Å²) in [4.78, 5) is 28.6. The van der Waals surface area contributed by atoms with Gasteiger partial charge in [0.15, 0.2) is 0 Å². The minimum atomic E-state index is -4.12. The molecular weight excluding hydrogens is 594 g/mol. The van der Waals surface area contributed by atoms with Crippen LogP contribution in [0.1, 0.15) is 38.8 Å². The molecule has 40 heavy (non-hydrogen) atoms. The van der Waals surface area contributed by atoms with E-state index in [2.05, 4.69) is 21.2 Å². The second-order valence-corrected chi connectivity index (χ2v) is 13.4. The molecule has 0 spiro atoms. The van der Waals surface area contributed by atoms with E-state index >= 15 is 0 Å². The van der Waals surface area contributed by atoms with Crippen molar-refractivity contribution in [1.29, 1.82) is 0 Å². The Morgan fingerprint density at radius 2 is 1.62 bits per heavy atom. The number of methoxy groups -OCH3 is 1. The largest absolute Gasteiger partial charge is 0.497 e. The summed E-state index contributed by atoms with van der Waals surface area (Å²) in [6.45, 7) is 8.67. The fourth-order valence-corrected chi connectivity index (χ4v) is 5.77. The molecule has 0 bridgehead atoms. The number of rotatable bonds is 10. The van der Waals surface area contributed by atoms with Gasteiger partial charge in [-0.25, -0.2) is 8.42 Å². The average Bonchev–Trinajstić information content (AvgIpc) is 2.89. The van der Waals surface area contributed by atoms with Crippen LogP contribution in [0.25, 0.3) is 0 Å². The third-order valence-electron chi connectivity index (χ3n) is 6.16. The van der Waals surface area contributed by atoms with Gasteiger partial charge in [0.05, 0.1) is 17.7 Å². The summed E-state index contributed by atoms with van der Waals surface area (Å²) in [6, 6.07) is 19.5. The van der Waals surface area contributed by atoms with E-state index in [1.54, 1.807) is 62.6 Å². The van der Waals surface area contributed by atoms with Gasteiger partial charge in [0.25, 0.3) is 10.0 Å². The Morgan fingerprint density at radius 3 is 2.17 bits per heavy atom. The average molecular weight is 631 g/mol. The van der Waals surface area contributed by atoms with Crippen molar-refractivity contribution in [1.82, 2.24) is 10.2 Å². The highest BCUT2D eigenvalue weighted by Gasteiger charge is 2.33. The topological polar surface area (TPSA) is 96.0 Å². The molecule has 0 aliphatic rings. The zero-order valence-electron chi connectivity index (χ0n) is 23.6. The van der Waals surface area contributed by atoms with Crippen LogP contribution in [0.5, 0.6) is 5.75 Å². The number of carbonyl (C=O) groups excluding carboxylic acids is 2. The summed E-state index contributed by atoms with van der Waals surface area (Å²) in [7, 11) is -2.56. The number of nitrogens with one attached hydrogen (secondary N) is 1. The van der Waals surface area contributed by atoms with Crippen molar-refractivity contribution >= 4 is 43.5 Å². The Kier molecular flexibility index (Phi) is 10.0. The van der Waals surface area contributed by atoms with E-state index in [-0.39, 0.29) is 17.3 Å². The Balaban J connectivity index is 2.03. The van der Waals surface area contributed by atoms with Crippen molar-refractivity contribution in [3.05, 3.63) is 88.4 Å². The summed E-state index contributed by atoms with van der Waals surface area (Å²) in [6.07, 6.45) is 0. The number of aryl methyl sites for hydroxylation is 1. The predicted molar refractivity (Wildman–Crippen MR) is 161 cm³/mol. The molecule has 0 aliphatic carbocycles. The van der Waals surface area contributed by atoms with Crippen LogP contribution in [0, 0.1) is 6.92 Å². The van der Waals surface area contributed by atoms with Crippen LogP contribution in [-0.2, 0) is 26.2 Å². The lowest BCUT2D eigenvalue weighted by Crippen LogP contribution is -2.54. The standard InChI is InChI=1S/C30H36BrN3O5S/c1-21-10-16-27(17-11-21)40(37,38)34(25-9-7-8-24(31)18-25)20-28(35)33(22(2)29(36)32-30(3,4)5)19-23-12-14-26(39-6)15-13-23/h7-18,22H,19-20H2,1-6H3,(H,32,36)/t22-/m1/s1. The number of anilines is 1. The maximum Gasteiger partial charge on any atom is 0.264 e. The number of ether oxygens (including phenoxy) is 1. The summed E-state index contributed by atoms with van der Waals surface area (Å²) in [5.41, 5.74) is 1.48. The van der Waals surface area contributed by atoms with Gasteiger partial charge >= 0.3 is 0 Å². The number of carbonyl (C=O) groups is 2. The van der Waals surface area contributed by atoms with Gasteiger partial charge in [-0.05, 0) is 82.6 Å². The summed E-state index contributed by atoms with van der Waals surface area (Å²) in [5, 5.41) is 2.92. The maximum atomic E-state index is 14.0. The molecule has 3 aromatic carbocycles. The second kappa shape index (κ2) is 12.9. The van der Waals surface area contributed by atoms with Crippen LogP contribution in [0.3, 0.4) is 0 Å². The summed E-state index contributed by atoms with van der Waals surface area (Å²) >= 11 is 3.40. The number of hydrogen-bond donors (Lipinski definition) is 1. The third-order valence-corrected chi connectivity index (χ3v) is 8.44. The van der Waals surface area contributed by atoms with Crippen LogP contribution in [0.2, 0.25) is 0 Å². The first-order chi connectivity index (χ1) is 18.7. The van der Waals surface area contributed by atoms with Crippen molar-refractivity contribution < 1.29 is 22.7 Å². The monoisotopic (exact) mass is 629 g/mol. The van der Waals surface area contributed by atoms with Crippen LogP contribution < -0.4 is 14.4 Å². The zero-order chi connectivity index (χ0) is 29.7. The van der Waals surface area contributed by atoms with Crippen molar-refractivity contribution in [2.45, 2.75) is 57.6 Å². The first-order valence-corrected chi connectivity index (χ1v) is 15.0. The molecule has 0 heterocycles. The van der Waals surface area contributed by atoms with Crippen LogP contribution >= 0.6 is 15.9 Å². The number of halogens is 1. The number of hydrogen-bond acceptors (Lipinski definition) is 5. The lowest BCUT2D eigenvalue weighted by molar-refractivity contribution is -0.140. The van der Waals surface area contributed by atoms with Gasteiger partial charge in [0.2, 0.25) is 11.8 Å². The Bertz CT molecular complexity index is 1440. The SMILES string of the molecule is COc1ccc(CN(C(=O)CN(c2cccc(Br)c2)S(=O)(=O)c2ccc(C)cc2)[C@H](C)C(=O)NC(C)(C)C)cc1. The second-order valence-electron chi connectivity index (χ2n) is 10.6. The molecular formula is C30H36BrN3O5S. The lowest BCUT2D eigenvalue weighted by Gasteiger charge is -2.33. The summed E-state index contributed by atoms with van der Waals surface area (Å²) < 4.78 is 34.7. The molecule has 0 saturated heterocycles. The molecule has 0 fully saturated rings. The Hall–Kier alpha value is -3.37. The van der Waals surface area contributed by atoms with Gasteiger partial charge in [-0.3, -0.25) is 13.9 Å². The third kappa shape index (κ3) is 8.08. The first-order valence-electron chi connectivity index (χ1n) is 12.8. The lowest BCUT2D eigenvalue weighted by atomic mass is 10.1. The van der Waals surface area contributed by atoms with E-state index in [0.717, 1.165) is 15.4 Å². The van der Waals surface area contributed by atoms with E-state index in [1.807, 2.05) is 39.8 Å². The highest BCUT2D eigenvalue weighted by Crippen LogP contribution is 2.27. The molecule has 1 atom stereocenters. The Morgan fingerprint density at radius 1 is 1.00 bits per heavy atom. The van der Waals surface area contributed by atoms with Gasteiger partial charge in [0.1, 0.15) is 18.3 Å². The molecule has 0 aromatic heterocycles. The molecule has 0 saturated carbocycles. The van der Waals surface area contributed by atoms with Crippen molar-refractivity contribution in [3.8, 4) is 5.75 Å². The summed E-state index contributed by atoms with van der Waals surface area (Å²) in [5.74, 6) is -0.210. The van der Waals surface area contributed by atoms with E-state index in [4.69, 9.17) is 4.74 Å². The minimum absolute atomic E-state index is 0.0612. The highest BCUT2D eigenvalue weighted by molar-refractivity contribution is 9.10. The van der Waals surface area contributed by atoms with Crippen molar-refractivity contribution in [2.75, 3.05) is 18.0 Å². The first kappa shape index (κ1) is 31.2. The van der Waals surface area contributed by atoms with Gasteiger partial charge < -0.3 is 15.0 Å². The maximum absolute atomic E-state index is 14.0. The van der Waals surface area contributed by atoms with Crippen LogP contribution in [0.4, 0.5) is 5.69 Å². The number of amides is 2. The van der Waals surface area contributed by atoms with E-state index in [9.17, 15) is 18.0 Å². The molecule has 2 amide bonds. The number of nitrogens with zero attached hydrogens (tertiary/aromatic N) is 2. The molecule has 1 N–H and O–H groups in total. The van der Waals surface area contributed by atoms with Crippen molar-refractivity contribution in [3.63, 3.8) is 0 Å². The predicted octanol–water partition coefficient (Wildman–Crippen LogP) is 5.29. The van der Waals surface area contributed by atoms with Crippen LogP contribution in [-0.4, -0.2) is 50.4 Å². The van der Waals surface area contributed by atoms with E-state index < -0.39 is 34.1 Å². The highest BCUT2D eigenvalue weighted by atomic mass is 79.9. The molecule has 214 valence electrons. The van der Waals surface area contributed by atoms with E-state index in [0.29, 0.717) is 15.9 Å². The smallest absolute Gasteiger partial charge is 0.264 e. The minimum Gasteiger partial charge on any atom is -0.497 e. The van der Waals surface area contributed by atoms with Crippen molar-refractivity contribution in [2.24, 2.45) is 0 Å².